The van der Waals surface area contributed by atoms with Gasteiger partial charge in [-0.25, -0.2) is 0 Å². The molecule has 0 radical (unpaired) electrons. The second-order valence-corrected chi connectivity index (χ2v) is 9.14. The highest BCUT2D eigenvalue weighted by atomic mass is 16.5. The molecule has 2 saturated heterocycles. The number of nitrogens with zero attached hydrogens (tertiary/aromatic N) is 6. The van der Waals surface area contributed by atoms with Crippen molar-refractivity contribution in [3.8, 4) is 0 Å². The van der Waals surface area contributed by atoms with E-state index in [-0.39, 0.29) is 31.0 Å². The molecule has 4 heterocycles. The Morgan fingerprint density at radius 2 is 1.74 bits per heavy atom. The number of fused-ring (bicyclic) bond motifs is 1. The number of ether oxygens (including phenoxy) is 2. The highest BCUT2D eigenvalue weighted by Gasteiger charge is 2.32. The SMILES string of the molecule is O=C(Cn1nc2ccccc2n1)N1CC(=O)N(CC2CCOCC2)CC(OCc2ccncc2)C1. The summed E-state index contributed by atoms with van der Waals surface area (Å²) < 4.78 is 11.7. The second-order valence-electron chi connectivity index (χ2n) is 9.14. The van der Waals surface area contributed by atoms with Crippen LogP contribution in [-0.2, 0) is 32.2 Å². The molecule has 0 saturated carbocycles. The van der Waals surface area contributed by atoms with Crippen LogP contribution in [0.3, 0.4) is 0 Å². The highest BCUT2D eigenvalue weighted by Crippen LogP contribution is 2.19. The number of carbonyl (C=O) groups excluding carboxylic acids is 2. The Morgan fingerprint density at radius 3 is 2.46 bits per heavy atom. The number of pyridine rings is 1. The lowest BCUT2D eigenvalue weighted by molar-refractivity contribution is -0.139. The molecule has 5 rings (SSSR count). The van der Waals surface area contributed by atoms with E-state index in [1.807, 2.05) is 41.3 Å². The van der Waals surface area contributed by atoms with Crippen molar-refractivity contribution in [2.75, 3.05) is 39.4 Å². The van der Waals surface area contributed by atoms with Crippen molar-refractivity contribution < 1.29 is 19.1 Å². The van der Waals surface area contributed by atoms with Crippen LogP contribution in [0.25, 0.3) is 11.0 Å². The van der Waals surface area contributed by atoms with E-state index >= 15 is 0 Å². The summed E-state index contributed by atoms with van der Waals surface area (Å²) >= 11 is 0. The van der Waals surface area contributed by atoms with E-state index < -0.39 is 0 Å². The molecular weight excluding hydrogens is 448 g/mol. The number of rotatable bonds is 7. The van der Waals surface area contributed by atoms with Gasteiger partial charge >= 0.3 is 0 Å². The van der Waals surface area contributed by atoms with E-state index in [1.54, 1.807) is 17.3 Å². The number of aromatic nitrogens is 4. The van der Waals surface area contributed by atoms with Gasteiger partial charge in [0.2, 0.25) is 11.8 Å². The van der Waals surface area contributed by atoms with Gasteiger partial charge in [-0.15, -0.1) is 0 Å². The number of hydrogen-bond donors (Lipinski definition) is 0. The zero-order valence-electron chi connectivity index (χ0n) is 19.7. The predicted octanol–water partition coefficient (Wildman–Crippen LogP) is 1.51. The zero-order chi connectivity index (χ0) is 24.0. The minimum atomic E-state index is -0.303. The van der Waals surface area contributed by atoms with Crippen molar-refractivity contribution in [1.29, 1.82) is 0 Å². The predicted molar refractivity (Wildman–Crippen MR) is 127 cm³/mol. The average molecular weight is 479 g/mol. The first-order chi connectivity index (χ1) is 17.1. The third-order valence-electron chi connectivity index (χ3n) is 6.54. The molecule has 2 fully saturated rings. The van der Waals surface area contributed by atoms with Gasteiger partial charge in [0.1, 0.15) is 17.6 Å². The molecule has 1 atom stereocenters. The highest BCUT2D eigenvalue weighted by molar-refractivity contribution is 5.85. The Bertz CT molecular complexity index is 1110. The summed E-state index contributed by atoms with van der Waals surface area (Å²) in [5.74, 6) is 0.138. The fraction of sp³-hybridized carbons (Fsp3) is 0.480. The second kappa shape index (κ2) is 10.9. The Kier molecular flexibility index (Phi) is 7.29. The first kappa shape index (κ1) is 23.4. The number of amides is 2. The number of carbonyl (C=O) groups is 2. The fourth-order valence-corrected chi connectivity index (χ4v) is 4.58. The summed E-state index contributed by atoms with van der Waals surface area (Å²) in [6, 6.07) is 11.3. The Hall–Kier alpha value is -3.37. The molecule has 1 unspecified atom stereocenters. The smallest absolute Gasteiger partial charge is 0.246 e. The molecule has 10 nitrogen and oxygen atoms in total. The van der Waals surface area contributed by atoms with E-state index in [0.717, 1.165) is 42.7 Å². The molecule has 2 aromatic heterocycles. The van der Waals surface area contributed by atoms with Crippen LogP contribution in [0, 0.1) is 5.92 Å². The van der Waals surface area contributed by atoms with E-state index in [2.05, 4.69) is 15.2 Å². The lowest BCUT2D eigenvalue weighted by Gasteiger charge is -2.30. The van der Waals surface area contributed by atoms with Crippen molar-refractivity contribution in [3.05, 3.63) is 54.4 Å². The fourth-order valence-electron chi connectivity index (χ4n) is 4.58. The lowest BCUT2D eigenvalue weighted by atomic mass is 9.99. The Balaban J connectivity index is 1.29. The van der Waals surface area contributed by atoms with Crippen LogP contribution in [0.1, 0.15) is 18.4 Å². The first-order valence-corrected chi connectivity index (χ1v) is 12.1. The summed E-state index contributed by atoms with van der Waals surface area (Å²) in [7, 11) is 0. The van der Waals surface area contributed by atoms with Gasteiger partial charge in [-0.3, -0.25) is 14.6 Å². The van der Waals surface area contributed by atoms with Crippen LogP contribution in [0.5, 0.6) is 0 Å². The van der Waals surface area contributed by atoms with E-state index in [1.165, 1.54) is 4.80 Å². The van der Waals surface area contributed by atoms with E-state index in [9.17, 15) is 9.59 Å². The molecule has 2 amide bonds. The lowest BCUT2D eigenvalue weighted by Crippen LogP contribution is -2.42. The van der Waals surface area contributed by atoms with Gasteiger partial charge in [0.05, 0.1) is 19.3 Å². The maximum atomic E-state index is 13.2. The van der Waals surface area contributed by atoms with E-state index in [4.69, 9.17) is 9.47 Å². The maximum absolute atomic E-state index is 13.2. The molecule has 0 spiro atoms. The van der Waals surface area contributed by atoms with Gasteiger partial charge < -0.3 is 19.3 Å². The van der Waals surface area contributed by atoms with Crippen LogP contribution >= 0.6 is 0 Å². The quantitative estimate of drug-likeness (QED) is 0.507. The summed E-state index contributed by atoms with van der Waals surface area (Å²) in [5.41, 5.74) is 2.46. The van der Waals surface area contributed by atoms with Crippen LogP contribution in [0.2, 0.25) is 0 Å². The minimum Gasteiger partial charge on any atom is -0.381 e. The molecule has 3 aromatic rings. The van der Waals surface area contributed by atoms with Crippen LogP contribution in [-0.4, -0.2) is 87.1 Å². The van der Waals surface area contributed by atoms with Crippen LogP contribution in [0.15, 0.2) is 48.8 Å². The molecule has 1 aromatic carbocycles. The average Bonchev–Trinajstić information content (AvgIpc) is 3.22. The van der Waals surface area contributed by atoms with Gasteiger partial charge in [-0.1, -0.05) is 12.1 Å². The third-order valence-corrected chi connectivity index (χ3v) is 6.54. The van der Waals surface area contributed by atoms with Crippen molar-refractivity contribution >= 4 is 22.8 Å². The van der Waals surface area contributed by atoms with Gasteiger partial charge in [0, 0.05) is 45.2 Å². The molecule has 0 aliphatic carbocycles. The van der Waals surface area contributed by atoms with Gasteiger partial charge in [-0.2, -0.15) is 15.0 Å². The van der Waals surface area contributed by atoms with Gasteiger partial charge in [0.15, 0.2) is 0 Å². The van der Waals surface area contributed by atoms with Crippen molar-refractivity contribution in [2.24, 2.45) is 5.92 Å². The van der Waals surface area contributed by atoms with Crippen molar-refractivity contribution in [1.82, 2.24) is 29.8 Å². The van der Waals surface area contributed by atoms with E-state index in [0.29, 0.717) is 32.2 Å². The van der Waals surface area contributed by atoms with Crippen LogP contribution in [0.4, 0.5) is 0 Å². The topological polar surface area (TPSA) is 103 Å². The zero-order valence-corrected chi connectivity index (χ0v) is 19.7. The van der Waals surface area contributed by atoms with Gasteiger partial charge in [-0.05, 0) is 48.6 Å². The largest absolute Gasteiger partial charge is 0.381 e. The van der Waals surface area contributed by atoms with Crippen molar-refractivity contribution in [2.45, 2.75) is 32.1 Å². The summed E-state index contributed by atoms with van der Waals surface area (Å²) in [4.78, 5) is 35.3. The minimum absolute atomic E-state index is 0.0258. The summed E-state index contributed by atoms with van der Waals surface area (Å²) in [5, 5.41) is 8.78. The standard InChI is InChI=1S/C25H30N6O4/c32-24-16-30(25(33)17-31-27-22-3-1-2-4-23(22)28-31)15-21(35-18-20-5-9-26-10-6-20)14-29(24)13-19-7-11-34-12-8-19/h1-6,9-10,19,21H,7-8,11-18H2. The number of hydrogen-bond acceptors (Lipinski definition) is 7. The first-order valence-electron chi connectivity index (χ1n) is 12.1. The molecule has 2 aliphatic rings. The third kappa shape index (κ3) is 6.01. The Morgan fingerprint density at radius 1 is 1.03 bits per heavy atom. The van der Waals surface area contributed by atoms with Crippen LogP contribution < -0.4 is 0 Å². The van der Waals surface area contributed by atoms with Gasteiger partial charge in [0.25, 0.3) is 0 Å². The maximum Gasteiger partial charge on any atom is 0.246 e. The molecule has 35 heavy (non-hydrogen) atoms. The molecule has 0 bridgehead atoms. The molecule has 0 N–H and O–H groups in total. The summed E-state index contributed by atoms with van der Waals surface area (Å²) in [6.07, 6.45) is 5.02. The van der Waals surface area contributed by atoms with Crippen molar-refractivity contribution in [3.63, 3.8) is 0 Å². The molecule has 2 aliphatic heterocycles. The summed E-state index contributed by atoms with van der Waals surface area (Å²) in [6.45, 7) is 3.29. The molecule has 184 valence electrons. The Labute approximate surface area is 203 Å². The normalized spacial score (nSPS) is 19.8. The monoisotopic (exact) mass is 478 g/mol. The molecule has 10 heteroatoms. The molecular formula is C25H30N6O4. The number of benzene rings is 1.